The van der Waals surface area contributed by atoms with Crippen LogP contribution in [0.15, 0.2) is 41.1 Å². The van der Waals surface area contributed by atoms with Crippen LogP contribution in [0, 0.1) is 0 Å². The maximum absolute atomic E-state index is 12.5. The van der Waals surface area contributed by atoms with E-state index in [1.165, 1.54) is 35.3 Å². The second kappa shape index (κ2) is 6.26. The van der Waals surface area contributed by atoms with Crippen LogP contribution in [0.2, 0.25) is 0 Å². The van der Waals surface area contributed by atoms with E-state index in [0.29, 0.717) is 5.13 Å². The van der Waals surface area contributed by atoms with Crippen molar-refractivity contribution in [2.45, 2.75) is 25.7 Å². The third-order valence-electron chi connectivity index (χ3n) is 4.11. The van der Waals surface area contributed by atoms with Crippen LogP contribution in [0.5, 0.6) is 0 Å². The van der Waals surface area contributed by atoms with Crippen molar-refractivity contribution >= 4 is 33.7 Å². The number of rotatable bonds is 3. The highest BCUT2D eigenvalue weighted by atomic mass is 32.1. The van der Waals surface area contributed by atoms with Gasteiger partial charge in [0.2, 0.25) is 0 Å². The molecule has 116 valence electrons. The summed E-state index contributed by atoms with van der Waals surface area (Å²) in [6, 6.07) is 10.1. The van der Waals surface area contributed by atoms with Gasteiger partial charge in [0.05, 0.1) is 10.6 Å². The number of aromatic nitrogens is 1. The summed E-state index contributed by atoms with van der Waals surface area (Å²) >= 11 is 3.11. The molecule has 0 radical (unpaired) electrons. The summed E-state index contributed by atoms with van der Waals surface area (Å²) in [6.07, 6.45) is 4.68. The lowest BCUT2D eigenvalue weighted by Crippen LogP contribution is -2.13. The van der Waals surface area contributed by atoms with E-state index in [9.17, 15) is 4.79 Å². The Morgan fingerprint density at radius 1 is 1.09 bits per heavy atom. The van der Waals surface area contributed by atoms with Gasteiger partial charge in [-0.15, -0.1) is 22.7 Å². The molecule has 2 aromatic heterocycles. The highest BCUT2D eigenvalue weighted by molar-refractivity contribution is 7.16. The van der Waals surface area contributed by atoms with Crippen molar-refractivity contribution < 1.29 is 4.79 Å². The summed E-state index contributed by atoms with van der Waals surface area (Å²) in [5, 5.41) is 7.58. The van der Waals surface area contributed by atoms with E-state index in [-0.39, 0.29) is 5.91 Å². The van der Waals surface area contributed by atoms with Crippen molar-refractivity contribution in [2.24, 2.45) is 0 Å². The Morgan fingerprint density at radius 3 is 2.78 bits per heavy atom. The van der Waals surface area contributed by atoms with Gasteiger partial charge in [0, 0.05) is 10.9 Å². The molecule has 3 nitrogen and oxygen atoms in total. The molecule has 4 rings (SSSR count). The molecule has 0 saturated carbocycles. The molecule has 2 heterocycles. The lowest BCUT2D eigenvalue weighted by Gasteiger charge is -2.16. The van der Waals surface area contributed by atoms with Crippen molar-refractivity contribution in [1.29, 1.82) is 0 Å². The zero-order valence-corrected chi connectivity index (χ0v) is 14.2. The first-order valence-electron chi connectivity index (χ1n) is 7.72. The predicted molar refractivity (Wildman–Crippen MR) is 96.5 cm³/mol. The smallest absolute Gasteiger partial charge is 0.257 e. The summed E-state index contributed by atoms with van der Waals surface area (Å²) < 4.78 is 0. The number of benzene rings is 1. The summed E-state index contributed by atoms with van der Waals surface area (Å²) in [6.45, 7) is 0. The minimum Gasteiger partial charge on any atom is -0.298 e. The Kier molecular flexibility index (Phi) is 3.97. The van der Waals surface area contributed by atoms with Gasteiger partial charge in [0.15, 0.2) is 5.13 Å². The molecular formula is C18H16N2OS2. The zero-order chi connectivity index (χ0) is 15.6. The van der Waals surface area contributed by atoms with Gasteiger partial charge in [-0.25, -0.2) is 4.98 Å². The molecule has 0 spiro atoms. The van der Waals surface area contributed by atoms with Crippen molar-refractivity contribution in [3.63, 3.8) is 0 Å². The number of anilines is 1. The van der Waals surface area contributed by atoms with E-state index < -0.39 is 0 Å². The molecule has 0 bridgehead atoms. The molecule has 0 aliphatic heterocycles. The van der Waals surface area contributed by atoms with E-state index in [0.717, 1.165) is 29.0 Å². The molecule has 1 aliphatic carbocycles. The number of aryl methyl sites for hydroxylation is 2. The number of thiophene rings is 1. The van der Waals surface area contributed by atoms with Gasteiger partial charge < -0.3 is 0 Å². The number of hydrogen-bond acceptors (Lipinski definition) is 4. The SMILES string of the molecule is O=C(Nc1nc(-c2cccs2)cs1)c1ccc2c(c1)CCCC2. The monoisotopic (exact) mass is 340 g/mol. The fourth-order valence-electron chi connectivity index (χ4n) is 2.91. The average Bonchev–Trinajstić information content (AvgIpc) is 3.25. The summed E-state index contributed by atoms with van der Waals surface area (Å²) in [7, 11) is 0. The van der Waals surface area contributed by atoms with E-state index in [4.69, 9.17) is 0 Å². The Bertz CT molecular complexity index is 837. The summed E-state index contributed by atoms with van der Waals surface area (Å²) in [4.78, 5) is 18.1. The maximum Gasteiger partial charge on any atom is 0.257 e. The maximum atomic E-state index is 12.5. The summed E-state index contributed by atoms with van der Waals surface area (Å²) in [5.41, 5.74) is 4.36. The standard InChI is InChI=1S/C18H16N2OS2/c21-17(14-8-7-12-4-1-2-5-13(12)10-14)20-18-19-15(11-23-18)16-6-3-9-22-16/h3,6-11H,1-2,4-5H2,(H,19,20,21). The number of hydrogen-bond donors (Lipinski definition) is 1. The van der Waals surface area contributed by atoms with Crippen LogP contribution in [0.4, 0.5) is 5.13 Å². The van der Waals surface area contributed by atoms with Crippen molar-refractivity contribution in [2.75, 3.05) is 5.32 Å². The van der Waals surface area contributed by atoms with E-state index >= 15 is 0 Å². The van der Waals surface area contributed by atoms with Crippen LogP contribution >= 0.6 is 22.7 Å². The first-order valence-corrected chi connectivity index (χ1v) is 9.48. The second-order valence-electron chi connectivity index (χ2n) is 5.66. The number of nitrogens with one attached hydrogen (secondary N) is 1. The number of amides is 1. The van der Waals surface area contributed by atoms with Crippen LogP contribution in [-0.4, -0.2) is 10.9 Å². The van der Waals surface area contributed by atoms with Crippen molar-refractivity contribution in [3.8, 4) is 10.6 Å². The topological polar surface area (TPSA) is 42.0 Å². The second-order valence-corrected chi connectivity index (χ2v) is 7.47. The van der Waals surface area contributed by atoms with Gasteiger partial charge >= 0.3 is 0 Å². The van der Waals surface area contributed by atoms with E-state index in [1.54, 1.807) is 11.3 Å². The number of thiazole rings is 1. The van der Waals surface area contributed by atoms with E-state index in [1.807, 2.05) is 35.0 Å². The fraction of sp³-hybridized carbons (Fsp3) is 0.222. The highest BCUT2D eigenvalue weighted by Crippen LogP contribution is 2.29. The molecule has 0 unspecified atom stereocenters. The molecule has 0 fully saturated rings. The molecule has 1 aromatic carbocycles. The Balaban J connectivity index is 1.52. The van der Waals surface area contributed by atoms with Crippen LogP contribution in [-0.2, 0) is 12.8 Å². The first-order chi connectivity index (χ1) is 11.3. The molecule has 0 atom stereocenters. The Morgan fingerprint density at radius 2 is 1.96 bits per heavy atom. The Labute approximate surface area is 143 Å². The molecule has 1 aliphatic rings. The lowest BCUT2D eigenvalue weighted by molar-refractivity contribution is 0.102. The Hall–Kier alpha value is -1.98. The quantitative estimate of drug-likeness (QED) is 0.729. The number of fused-ring (bicyclic) bond motifs is 1. The van der Waals surface area contributed by atoms with Crippen LogP contribution < -0.4 is 5.32 Å². The molecule has 3 aromatic rings. The zero-order valence-electron chi connectivity index (χ0n) is 12.5. The van der Waals surface area contributed by atoms with Gasteiger partial charge in [0.1, 0.15) is 0 Å². The van der Waals surface area contributed by atoms with Gasteiger partial charge in [-0.05, 0) is 60.4 Å². The fourth-order valence-corrected chi connectivity index (χ4v) is 4.38. The van der Waals surface area contributed by atoms with Crippen LogP contribution in [0.1, 0.15) is 34.3 Å². The van der Waals surface area contributed by atoms with Gasteiger partial charge in [-0.3, -0.25) is 10.1 Å². The number of carbonyl (C=O) groups is 1. The van der Waals surface area contributed by atoms with Crippen molar-refractivity contribution in [3.05, 3.63) is 57.8 Å². The molecule has 5 heteroatoms. The first kappa shape index (κ1) is 14.6. The van der Waals surface area contributed by atoms with Crippen molar-refractivity contribution in [1.82, 2.24) is 4.98 Å². The third-order valence-corrected chi connectivity index (χ3v) is 5.76. The van der Waals surface area contributed by atoms with Gasteiger partial charge in [0.25, 0.3) is 5.91 Å². The molecule has 1 amide bonds. The van der Waals surface area contributed by atoms with Gasteiger partial charge in [-0.1, -0.05) is 12.1 Å². The average molecular weight is 340 g/mol. The molecular weight excluding hydrogens is 324 g/mol. The predicted octanol–water partition coefficient (Wildman–Crippen LogP) is 5.00. The number of nitrogens with zero attached hydrogens (tertiary/aromatic N) is 1. The molecule has 23 heavy (non-hydrogen) atoms. The van der Waals surface area contributed by atoms with E-state index in [2.05, 4.69) is 16.4 Å². The lowest BCUT2D eigenvalue weighted by atomic mass is 9.90. The largest absolute Gasteiger partial charge is 0.298 e. The summed E-state index contributed by atoms with van der Waals surface area (Å²) in [5.74, 6) is -0.0783. The third kappa shape index (κ3) is 3.07. The van der Waals surface area contributed by atoms with Crippen LogP contribution in [0.25, 0.3) is 10.6 Å². The molecule has 1 N–H and O–H groups in total. The minimum atomic E-state index is -0.0783. The highest BCUT2D eigenvalue weighted by Gasteiger charge is 2.14. The van der Waals surface area contributed by atoms with Gasteiger partial charge in [-0.2, -0.15) is 0 Å². The molecule has 0 saturated heterocycles. The minimum absolute atomic E-state index is 0.0783. The normalized spacial score (nSPS) is 13.6. The van der Waals surface area contributed by atoms with Crippen LogP contribution in [0.3, 0.4) is 0 Å². The number of carbonyl (C=O) groups excluding carboxylic acids is 1.